The highest BCUT2D eigenvalue weighted by atomic mass is 16.3. The highest BCUT2D eigenvalue weighted by Crippen LogP contribution is 2.51. The molecule has 28 heavy (non-hydrogen) atoms. The third-order valence-corrected chi connectivity index (χ3v) is 6.89. The van der Waals surface area contributed by atoms with Gasteiger partial charge in [-0.05, 0) is 47.1 Å². The molecule has 0 aliphatic carbocycles. The van der Waals surface area contributed by atoms with Gasteiger partial charge >= 0.3 is 0 Å². The van der Waals surface area contributed by atoms with Gasteiger partial charge in [-0.15, -0.1) is 0 Å². The van der Waals surface area contributed by atoms with E-state index in [1.165, 1.54) is 23.4 Å². The summed E-state index contributed by atoms with van der Waals surface area (Å²) in [5, 5.41) is 11.2. The minimum absolute atomic E-state index is 0.115. The van der Waals surface area contributed by atoms with Crippen LogP contribution >= 0.6 is 0 Å². The molecule has 2 aliphatic rings. The van der Waals surface area contributed by atoms with Crippen molar-refractivity contribution in [3.63, 3.8) is 0 Å². The van der Waals surface area contributed by atoms with E-state index >= 15 is 0 Å². The van der Waals surface area contributed by atoms with E-state index in [1.807, 2.05) is 0 Å². The molecule has 0 bridgehead atoms. The third kappa shape index (κ3) is 3.96. The van der Waals surface area contributed by atoms with E-state index < -0.39 is 6.10 Å². The fourth-order valence-electron chi connectivity index (χ4n) is 4.62. The SMILES string of the molecule is C=C1N(CC(O)C(C)(C)CCCC(C)(C)C)c2cccc3c2N1CCC3(C)C. The van der Waals surface area contributed by atoms with Gasteiger partial charge in [-0.25, -0.2) is 0 Å². The molecule has 0 radical (unpaired) electrons. The summed E-state index contributed by atoms with van der Waals surface area (Å²) in [6, 6.07) is 6.60. The summed E-state index contributed by atoms with van der Waals surface area (Å²) < 4.78 is 0. The zero-order valence-electron chi connectivity index (χ0n) is 19.1. The summed E-state index contributed by atoms with van der Waals surface area (Å²) in [6.45, 7) is 21.9. The molecule has 1 aromatic carbocycles. The fraction of sp³-hybridized carbons (Fsp3) is 0.680. The predicted molar refractivity (Wildman–Crippen MR) is 121 cm³/mol. The first-order valence-electron chi connectivity index (χ1n) is 10.9. The molecule has 3 heteroatoms. The quantitative estimate of drug-likeness (QED) is 0.645. The first-order valence-corrected chi connectivity index (χ1v) is 10.9. The van der Waals surface area contributed by atoms with Gasteiger partial charge < -0.3 is 14.9 Å². The lowest BCUT2D eigenvalue weighted by molar-refractivity contribution is 0.0472. The highest BCUT2D eigenvalue weighted by Gasteiger charge is 2.41. The van der Waals surface area contributed by atoms with E-state index in [1.54, 1.807) is 0 Å². The van der Waals surface area contributed by atoms with Crippen LogP contribution < -0.4 is 9.80 Å². The second-order valence-corrected chi connectivity index (χ2v) is 11.4. The first-order chi connectivity index (χ1) is 12.8. The zero-order chi connectivity index (χ0) is 20.9. The number of benzene rings is 1. The summed E-state index contributed by atoms with van der Waals surface area (Å²) >= 11 is 0. The lowest BCUT2D eigenvalue weighted by Gasteiger charge is -2.37. The predicted octanol–water partition coefficient (Wildman–Crippen LogP) is 6.07. The van der Waals surface area contributed by atoms with Crippen LogP contribution in [0.5, 0.6) is 0 Å². The molecule has 2 heterocycles. The van der Waals surface area contributed by atoms with E-state index in [0.717, 1.165) is 31.6 Å². The Bertz CT molecular complexity index is 741. The molecule has 1 aromatic rings. The lowest BCUT2D eigenvalue weighted by Crippen LogP contribution is -2.42. The smallest absolute Gasteiger partial charge is 0.106 e. The Balaban J connectivity index is 1.77. The van der Waals surface area contributed by atoms with Crippen LogP contribution in [0.2, 0.25) is 0 Å². The van der Waals surface area contributed by atoms with E-state index in [0.29, 0.717) is 12.0 Å². The first kappa shape index (κ1) is 21.2. The Kier molecular flexibility index (Phi) is 5.38. The molecular weight excluding hydrogens is 344 g/mol. The molecule has 1 N–H and O–H groups in total. The van der Waals surface area contributed by atoms with Crippen LogP contribution in [0.1, 0.15) is 79.7 Å². The molecule has 0 amide bonds. The number of hydrogen-bond acceptors (Lipinski definition) is 3. The normalized spacial score (nSPS) is 19.8. The van der Waals surface area contributed by atoms with Crippen molar-refractivity contribution in [3.8, 4) is 0 Å². The maximum absolute atomic E-state index is 11.2. The van der Waals surface area contributed by atoms with E-state index in [4.69, 9.17) is 0 Å². The molecule has 0 fully saturated rings. The molecule has 0 saturated carbocycles. The highest BCUT2D eigenvalue weighted by molar-refractivity contribution is 5.86. The lowest BCUT2D eigenvalue weighted by atomic mass is 9.77. The van der Waals surface area contributed by atoms with Gasteiger partial charge in [0.15, 0.2) is 0 Å². The maximum Gasteiger partial charge on any atom is 0.106 e. The van der Waals surface area contributed by atoms with E-state index in [9.17, 15) is 5.11 Å². The number of rotatable bonds is 6. The van der Waals surface area contributed by atoms with Crippen LogP contribution in [0.4, 0.5) is 11.4 Å². The van der Waals surface area contributed by atoms with Crippen molar-refractivity contribution in [2.45, 2.75) is 85.7 Å². The van der Waals surface area contributed by atoms with Gasteiger partial charge in [0.2, 0.25) is 0 Å². The summed E-state index contributed by atoms with van der Waals surface area (Å²) in [4.78, 5) is 4.60. The van der Waals surface area contributed by atoms with E-state index in [2.05, 4.69) is 83.0 Å². The summed E-state index contributed by atoms with van der Waals surface area (Å²) in [7, 11) is 0. The number of hydrogen-bond donors (Lipinski definition) is 1. The van der Waals surface area contributed by atoms with Gasteiger partial charge in [-0.2, -0.15) is 0 Å². The Morgan fingerprint density at radius 3 is 2.46 bits per heavy atom. The number of nitrogens with zero attached hydrogens (tertiary/aromatic N) is 2. The van der Waals surface area contributed by atoms with Crippen LogP contribution in [0.3, 0.4) is 0 Å². The molecule has 3 rings (SSSR count). The number of para-hydroxylation sites is 1. The van der Waals surface area contributed by atoms with Gasteiger partial charge in [-0.1, -0.05) is 73.6 Å². The third-order valence-electron chi connectivity index (χ3n) is 6.89. The monoisotopic (exact) mass is 384 g/mol. The summed E-state index contributed by atoms with van der Waals surface area (Å²) in [5.74, 6) is 1.02. The number of anilines is 2. The molecule has 2 aliphatic heterocycles. The standard InChI is InChI=1S/C25H40N2O/c1-18-26-16-15-24(5,6)19-11-9-12-20(22(19)26)27(18)17-21(28)25(7,8)14-10-13-23(2,3)4/h9,11-12,21,28H,1,10,13-17H2,2-8H3. The van der Waals surface area contributed by atoms with Crippen molar-refractivity contribution >= 4 is 11.4 Å². The average Bonchev–Trinajstić information content (AvgIpc) is 2.83. The van der Waals surface area contributed by atoms with Crippen molar-refractivity contribution in [3.05, 3.63) is 36.2 Å². The average molecular weight is 385 g/mol. The van der Waals surface area contributed by atoms with Gasteiger partial charge in [0.25, 0.3) is 0 Å². The van der Waals surface area contributed by atoms with Gasteiger partial charge in [-0.3, -0.25) is 0 Å². The van der Waals surface area contributed by atoms with Gasteiger partial charge in [0.05, 0.1) is 24.0 Å². The molecule has 1 unspecified atom stereocenters. The van der Waals surface area contributed by atoms with Crippen LogP contribution in [0, 0.1) is 10.8 Å². The minimum atomic E-state index is -0.394. The Morgan fingerprint density at radius 2 is 1.82 bits per heavy atom. The number of aliphatic hydroxyl groups is 1. The second kappa shape index (κ2) is 7.09. The van der Waals surface area contributed by atoms with Crippen molar-refractivity contribution < 1.29 is 5.11 Å². The van der Waals surface area contributed by atoms with Gasteiger partial charge in [0.1, 0.15) is 5.82 Å². The van der Waals surface area contributed by atoms with Crippen molar-refractivity contribution in [1.29, 1.82) is 0 Å². The Hall–Kier alpha value is -1.48. The Labute approximate surface area is 172 Å². The summed E-state index contributed by atoms with van der Waals surface area (Å²) in [5.41, 5.74) is 4.33. The molecule has 1 atom stereocenters. The van der Waals surface area contributed by atoms with Crippen LogP contribution in [0.25, 0.3) is 0 Å². The number of aliphatic hydroxyl groups excluding tert-OH is 1. The van der Waals surface area contributed by atoms with Crippen molar-refractivity contribution in [1.82, 2.24) is 0 Å². The minimum Gasteiger partial charge on any atom is -0.391 e. The number of β-amino-alcohol motifs (C(OH)–C–C–N with tert-alkyl or cyclic N) is 1. The Morgan fingerprint density at radius 1 is 1.14 bits per heavy atom. The molecule has 0 spiro atoms. The molecule has 3 nitrogen and oxygen atoms in total. The molecule has 0 aromatic heterocycles. The van der Waals surface area contributed by atoms with Crippen LogP contribution in [-0.2, 0) is 5.41 Å². The van der Waals surface area contributed by atoms with Crippen molar-refractivity contribution in [2.24, 2.45) is 10.8 Å². The van der Waals surface area contributed by atoms with Crippen molar-refractivity contribution in [2.75, 3.05) is 22.9 Å². The summed E-state index contributed by atoms with van der Waals surface area (Å²) in [6.07, 6.45) is 4.10. The van der Waals surface area contributed by atoms with E-state index in [-0.39, 0.29) is 10.8 Å². The van der Waals surface area contributed by atoms with Crippen LogP contribution in [0.15, 0.2) is 30.6 Å². The zero-order valence-corrected chi connectivity index (χ0v) is 19.1. The largest absolute Gasteiger partial charge is 0.391 e. The topological polar surface area (TPSA) is 26.7 Å². The van der Waals surface area contributed by atoms with Gasteiger partial charge in [0, 0.05) is 6.54 Å². The fourth-order valence-corrected chi connectivity index (χ4v) is 4.62. The molecular formula is C25H40N2O. The molecule has 0 saturated heterocycles. The maximum atomic E-state index is 11.2. The van der Waals surface area contributed by atoms with Crippen LogP contribution in [-0.4, -0.2) is 24.3 Å². The molecule has 156 valence electrons. The second-order valence-electron chi connectivity index (χ2n) is 11.4.